The Balaban J connectivity index is 1.52. The van der Waals surface area contributed by atoms with Crippen LogP contribution < -0.4 is 5.32 Å². The molecule has 4 nitrogen and oxygen atoms in total. The Labute approximate surface area is 148 Å². The third kappa shape index (κ3) is 3.69. The van der Waals surface area contributed by atoms with Crippen molar-refractivity contribution in [3.05, 3.63) is 66.2 Å². The summed E-state index contributed by atoms with van der Waals surface area (Å²) >= 11 is 0. The van der Waals surface area contributed by atoms with Crippen LogP contribution in [0.25, 0.3) is 0 Å². The van der Waals surface area contributed by atoms with E-state index in [1.807, 2.05) is 60.7 Å². The van der Waals surface area contributed by atoms with Crippen LogP contribution in [0.5, 0.6) is 0 Å². The van der Waals surface area contributed by atoms with Crippen LogP contribution in [0.4, 0.5) is 5.69 Å². The second-order valence-corrected chi connectivity index (χ2v) is 6.97. The van der Waals surface area contributed by atoms with Crippen molar-refractivity contribution in [3.8, 4) is 0 Å². The normalized spacial score (nSPS) is 26.0. The first-order valence-electron chi connectivity index (χ1n) is 9.09. The van der Waals surface area contributed by atoms with Crippen LogP contribution in [0.15, 0.2) is 60.7 Å². The van der Waals surface area contributed by atoms with Crippen LogP contribution in [0.3, 0.4) is 0 Å². The molecule has 0 saturated carbocycles. The standard InChI is InChI=1S/C21H24N2O2/c24-21(25-19-15-23-13-11-16(19)12-14-23)20(17-7-3-1-4-8-17)22-18-9-5-2-6-10-18/h1-10,16,19-20,22H,11-15H2/t19-,20-/m0/s1. The molecule has 3 fully saturated rings. The predicted octanol–water partition coefficient (Wildman–Crippen LogP) is 3.48. The molecule has 2 atom stereocenters. The average molecular weight is 336 g/mol. The summed E-state index contributed by atoms with van der Waals surface area (Å²) in [6, 6.07) is 19.2. The Bertz CT molecular complexity index is 696. The molecular formula is C21H24N2O2. The third-order valence-corrected chi connectivity index (χ3v) is 5.32. The van der Waals surface area contributed by atoms with Crippen molar-refractivity contribution in [1.29, 1.82) is 0 Å². The largest absolute Gasteiger partial charge is 0.459 e. The molecule has 5 rings (SSSR count). The lowest BCUT2D eigenvalue weighted by Crippen LogP contribution is -2.52. The number of ether oxygens (including phenoxy) is 1. The van der Waals surface area contributed by atoms with Crippen molar-refractivity contribution in [3.63, 3.8) is 0 Å². The first kappa shape index (κ1) is 16.2. The number of rotatable bonds is 5. The molecule has 0 unspecified atom stereocenters. The van der Waals surface area contributed by atoms with Gasteiger partial charge in [0, 0.05) is 12.2 Å². The molecule has 2 aromatic carbocycles. The van der Waals surface area contributed by atoms with Crippen LogP contribution in [0.2, 0.25) is 0 Å². The molecule has 0 aliphatic carbocycles. The number of hydrogen-bond acceptors (Lipinski definition) is 4. The lowest BCUT2D eigenvalue weighted by atomic mass is 9.86. The van der Waals surface area contributed by atoms with Gasteiger partial charge in [-0.1, -0.05) is 48.5 Å². The molecular weight excluding hydrogens is 312 g/mol. The topological polar surface area (TPSA) is 41.6 Å². The number of benzene rings is 2. The fraction of sp³-hybridized carbons (Fsp3) is 0.381. The Morgan fingerprint density at radius 3 is 2.24 bits per heavy atom. The maximum absolute atomic E-state index is 13.0. The van der Waals surface area contributed by atoms with Crippen LogP contribution in [-0.4, -0.2) is 36.6 Å². The van der Waals surface area contributed by atoms with Gasteiger partial charge in [-0.3, -0.25) is 4.90 Å². The van der Waals surface area contributed by atoms with Gasteiger partial charge in [-0.05, 0) is 49.5 Å². The highest BCUT2D eigenvalue weighted by molar-refractivity contribution is 5.81. The van der Waals surface area contributed by atoms with Crippen molar-refractivity contribution in [2.45, 2.75) is 25.0 Å². The number of carbonyl (C=O) groups is 1. The number of para-hydroxylation sites is 1. The van der Waals surface area contributed by atoms with Crippen LogP contribution in [0.1, 0.15) is 24.4 Å². The number of carbonyl (C=O) groups excluding carboxylic acids is 1. The first-order chi connectivity index (χ1) is 12.3. The van der Waals surface area contributed by atoms with E-state index in [2.05, 4.69) is 10.2 Å². The molecule has 3 aliphatic heterocycles. The lowest BCUT2D eigenvalue weighted by Gasteiger charge is -2.44. The fourth-order valence-electron chi connectivity index (χ4n) is 3.89. The number of nitrogens with zero attached hydrogens (tertiary/aromatic N) is 1. The van der Waals surface area contributed by atoms with E-state index in [4.69, 9.17) is 4.74 Å². The fourth-order valence-corrected chi connectivity index (χ4v) is 3.89. The van der Waals surface area contributed by atoms with Crippen molar-refractivity contribution in [2.24, 2.45) is 5.92 Å². The number of nitrogens with one attached hydrogen (secondary N) is 1. The molecule has 3 aliphatic rings. The molecule has 0 aromatic heterocycles. The van der Waals surface area contributed by atoms with E-state index in [-0.39, 0.29) is 12.1 Å². The zero-order chi connectivity index (χ0) is 17.1. The number of anilines is 1. The highest BCUT2D eigenvalue weighted by Crippen LogP contribution is 2.31. The van der Waals surface area contributed by atoms with Crippen molar-refractivity contribution >= 4 is 11.7 Å². The van der Waals surface area contributed by atoms with E-state index in [1.54, 1.807) is 0 Å². The zero-order valence-electron chi connectivity index (χ0n) is 14.3. The Kier molecular flexibility index (Phi) is 4.70. The summed E-state index contributed by atoms with van der Waals surface area (Å²) in [5.41, 5.74) is 1.85. The predicted molar refractivity (Wildman–Crippen MR) is 98.3 cm³/mol. The first-order valence-corrected chi connectivity index (χ1v) is 9.09. The maximum atomic E-state index is 13.0. The monoisotopic (exact) mass is 336 g/mol. The van der Waals surface area contributed by atoms with Crippen LogP contribution in [0, 0.1) is 5.92 Å². The van der Waals surface area contributed by atoms with Gasteiger partial charge in [-0.2, -0.15) is 0 Å². The minimum atomic E-state index is -0.487. The molecule has 3 heterocycles. The van der Waals surface area contributed by atoms with Gasteiger partial charge in [-0.15, -0.1) is 0 Å². The molecule has 25 heavy (non-hydrogen) atoms. The molecule has 1 N–H and O–H groups in total. The molecule has 3 saturated heterocycles. The van der Waals surface area contributed by atoms with Gasteiger partial charge in [0.2, 0.25) is 0 Å². The van der Waals surface area contributed by atoms with E-state index < -0.39 is 6.04 Å². The van der Waals surface area contributed by atoms with Gasteiger partial charge in [0.05, 0.1) is 0 Å². The minimum Gasteiger partial charge on any atom is -0.459 e. The van der Waals surface area contributed by atoms with Gasteiger partial charge >= 0.3 is 5.97 Å². The molecule has 2 bridgehead atoms. The molecule has 0 amide bonds. The molecule has 2 aromatic rings. The van der Waals surface area contributed by atoms with Gasteiger partial charge in [0.15, 0.2) is 6.04 Å². The molecule has 130 valence electrons. The number of hydrogen-bond donors (Lipinski definition) is 1. The molecule has 0 spiro atoms. The zero-order valence-corrected chi connectivity index (χ0v) is 14.3. The number of fused-ring (bicyclic) bond motifs is 3. The highest BCUT2D eigenvalue weighted by atomic mass is 16.5. The van der Waals surface area contributed by atoms with Gasteiger partial charge in [0.25, 0.3) is 0 Å². The average Bonchev–Trinajstić information content (AvgIpc) is 2.68. The minimum absolute atomic E-state index is 0.0267. The smallest absolute Gasteiger partial charge is 0.333 e. The second-order valence-electron chi connectivity index (χ2n) is 6.97. The lowest BCUT2D eigenvalue weighted by molar-refractivity contribution is -0.159. The van der Waals surface area contributed by atoms with Gasteiger partial charge < -0.3 is 10.1 Å². The van der Waals surface area contributed by atoms with Crippen molar-refractivity contribution < 1.29 is 9.53 Å². The van der Waals surface area contributed by atoms with E-state index in [0.717, 1.165) is 43.7 Å². The highest BCUT2D eigenvalue weighted by Gasteiger charge is 2.37. The summed E-state index contributed by atoms with van der Waals surface area (Å²) in [7, 11) is 0. The second kappa shape index (κ2) is 7.28. The van der Waals surface area contributed by atoms with E-state index in [9.17, 15) is 4.79 Å². The summed E-state index contributed by atoms with van der Waals surface area (Å²) in [6.07, 6.45) is 2.30. The van der Waals surface area contributed by atoms with E-state index >= 15 is 0 Å². The maximum Gasteiger partial charge on any atom is 0.333 e. The SMILES string of the molecule is O=C(O[C@H]1CN2CCC1CC2)[C@@H](Nc1ccccc1)c1ccccc1. The number of esters is 1. The Morgan fingerprint density at radius 2 is 1.64 bits per heavy atom. The van der Waals surface area contributed by atoms with Crippen molar-refractivity contribution in [2.75, 3.05) is 25.0 Å². The van der Waals surface area contributed by atoms with Crippen LogP contribution >= 0.6 is 0 Å². The van der Waals surface area contributed by atoms with Gasteiger partial charge in [0.1, 0.15) is 6.10 Å². The van der Waals surface area contributed by atoms with Gasteiger partial charge in [-0.25, -0.2) is 4.79 Å². The quantitative estimate of drug-likeness (QED) is 0.849. The number of piperidine rings is 3. The van der Waals surface area contributed by atoms with Crippen molar-refractivity contribution in [1.82, 2.24) is 4.90 Å². The summed E-state index contributed by atoms with van der Waals surface area (Å²) in [4.78, 5) is 15.4. The molecule has 4 heteroatoms. The summed E-state index contributed by atoms with van der Waals surface area (Å²) < 4.78 is 5.97. The van der Waals surface area contributed by atoms with E-state index in [0.29, 0.717) is 5.92 Å². The summed E-state index contributed by atoms with van der Waals surface area (Å²) in [6.45, 7) is 3.16. The molecule has 0 radical (unpaired) electrons. The third-order valence-electron chi connectivity index (χ3n) is 5.32. The summed E-state index contributed by atoms with van der Waals surface area (Å²) in [5, 5.41) is 3.34. The van der Waals surface area contributed by atoms with Crippen LogP contribution in [-0.2, 0) is 9.53 Å². The van der Waals surface area contributed by atoms with E-state index in [1.165, 1.54) is 0 Å². The summed E-state index contributed by atoms with van der Waals surface area (Å²) in [5.74, 6) is 0.330. The Morgan fingerprint density at radius 1 is 1.00 bits per heavy atom. The Hall–Kier alpha value is -2.33.